The highest BCUT2D eigenvalue weighted by Crippen LogP contribution is 2.44. The van der Waals surface area contributed by atoms with Crippen LogP contribution in [0.25, 0.3) is 151 Å². The average Bonchev–Trinajstić information content (AvgIpc) is 1.63. The zero-order valence-corrected chi connectivity index (χ0v) is 65.2. The van der Waals surface area contributed by atoms with E-state index in [1.165, 1.54) is 60.9 Å². The summed E-state index contributed by atoms with van der Waals surface area (Å²) in [7, 11) is 0. The van der Waals surface area contributed by atoms with Gasteiger partial charge in [-0.1, -0.05) is 315 Å². The topological polar surface area (TPSA) is 104 Å². The van der Waals surface area contributed by atoms with Crippen molar-refractivity contribution >= 4 is 71.6 Å². The second-order valence-electron chi connectivity index (χ2n) is 29.3. The van der Waals surface area contributed by atoms with Crippen LogP contribution in [0, 0.1) is 0 Å². The van der Waals surface area contributed by atoms with Gasteiger partial charge in [-0.2, -0.15) is 0 Å². The number of furan rings is 1. The minimum absolute atomic E-state index is 0.827. The third-order valence-corrected chi connectivity index (χ3v) is 21.9. The minimum atomic E-state index is 0.827. The van der Waals surface area contributed by atoms with Gasteiger partial charge in [0.1, 0.15) is 45.7 Å². The van der Waals surface area contributed by atoms with E-state index >= 15 is 0 Å². The van der Waals surface area contributed by atoms with Gasteiger partial charge in [-0.25, -0.2) is 15.0 Å². The first-order valence-electron chi connectivity index (χ1n) is 40.2. The largest absolute Gasteiger partial charge is 0.455 e. The molecule has 566 valence electrons. The molecule has 0 saturated carbocycles. The highest BCUT2D eigenvalue weighted by atomic mass is 16.3. The summed E-state index contributed by atoms with van der Waals surface area (Å²) >= 11 is 0. The fraction of sp³-hybridized carbons (Fsp3) is 0. The number of aromatic nitrogens is 9. The molecule has 120 heavy (non-hydrogen) atoms. The van der Waals surface area contributed by atoms with Crippen molar-refractivity contribution in [1.29, 1.82) is 0 Å². The van der Waals surface area contributed by atoms with Gasteiger partial charge in [-0.15, -0.1) is 0 Å². The van der Waals surface area contributed by atoms with Crippen LogP contribution in [-0.4, -0.2) is 43.1 Å². The molecule has 0 amide bonds. The van der Waals surface area contributed by atoms with Crippen molar-refractivity contribution in [3.05, 3.63) is 500 Å². The van der Waals surface area contributed by atoms with E-state index < -0.39 is 0 Å². The molecule has 10 aromatic heterocycles. The SMILES string of the molecule is c1ccc(-c2nc(-c3cc(-c4ccc5ccccc5c4)cc4c3oc3ccccc34)n3ccccc23)nc1.c1ccc(C(=C(c2ccccc2)c2ccc(-c3nc(-c4ccccn4)c4ccccn34)cc2)c2ccccc2)cc1.c1ccc(C(=C(c2ccccc2)c2cccc(-c3nc(-c4ccccn4)c4ccccn34)c2)c2ccccc2)cc1. The van der Waals surface area contributed by atoms with Crippen molar-refractivity contribution in [2.24, 2.45) is 0 Å². The Bertz CT molecular complexity index is 7370. The van der Waals surface area contributed by atoms with E-state index in [-0.39, 0.29) is 0 Å². The molecule has 0 aliphatic heterocycles. The Hall–Kier alpha value is -16.3. The zero-order valence-electron chi connectivity index (χ0n) is 65.2. The average molecular weight is 1540 g/mol. The molecule has 0 fully saturated rings. The highest BCUT2D eigenvalue weighted by Gasteiger charge is 2.25. The summed E-state index contributed by atoms with van der Waals surface area (Å²) in [5.41, 5.74) is 29.3. The number of benzene rings is 12. The second kappa shape index (κ2) is 32.9. The summed E-state index contributed by atoms with van der Waals surface area (Å²) in [6.07, 6.45) is 11.6. The normalized spacial score (nSPS) is 11.2. The molecular weight excluding hydrogens is 1460 g/mol. The van der Waals surface area contributed by atoms with Crippen molar-refractivity contribution in [2.45, 2.75) is 0 Å². The second-order valence-corrected chi connectivity index (χ2v) is 29.3. The van der Waals surface area contributed by atoms with Gasteiger partial charge in [0.25, 0.3) is 0 Å². The molecule has 0 radical (unpaired) electrons. The summed E-state index contributed by atoms with van der Waals surface area (Å²) in [5.74, 6) is 2.61. The van der Waals surface area contributed by atoms with E-state index in [1.807, 2.05) is 116 Å². The Morgan fingerprint density at radius 1 is 0.225 bits per heavy atom. The van der Waals surface area contributed by atoms with Gasteiger partial charge in [0, 0.05) is 59.1 Å². The van der Waals surface area contributed by atoms with Gasteiger partial charge in [0.05, 0.1) is 39.2 Å². The van der Waals surface area contributed by atoms with Gasteiger partial charge in [0.15, 0.2) is 0 Å². The molecule has 0 unspecified atom stereocenters. The number of rotatable bonds is 15. The molecule has 0 bridgehead atoms. The Morgan fingerprint density at radius 3 is 1.05 bits per heavy atom. The van der Waals surface area contributed by atoms with Crippen LogP contribution in [0.2, 0.25) is 0 Å². The molecule has 10 heteroatoms. The third kappa shape index (κ3) is 14.4. The number of pyridine rings is 6. The van der Waals surface area contributed by atoms with E-state index in [0.717, 1.165) is 135 Å². The van der Waals surface area contributed by atoms with Crippen LogP contribution < -0.4 is 0 Å². The summed E-state index contributed by atoms with van der Waals surface area (Å²) in [5, 5.41) is 4.61. The number of para-hydroxylation sites is 1. The van der Waals surface area contributed by atoms with Crippen LogP contribution in [0.15, 0.2) is 460 Å². The van der Waals surface area contributed by atoms with Crippen LogP contribution in [0.4, 0.5) is 0 Å². The van der Waals surface area contributed by atoms with E-state index in [2.05, 4.69) is 362 Å². The van der Waals surface area contributed by atoms with Gasteiger partial charge in [-0.05, 0) is 192 Å². The van der Waals surface area contributed by atoms with Crippen LogP contribution in [-0.2, 0) is 0 Å². The standard InChI is InChI=1S/2C38H27N3.C34H21N3O/c1-4-15-28(16-5-1)35(29-17-6-2-7-18-29)36(30-19-8-3-9-20-30)31-21-14-22-32(27-31)38-40-37(33-23-10-12-25-39-33)34-24-11-13-26-41(34)38;1-4-14-28(15-5-1)35(29-16-6-2-7-17-29)36(30-18-8-3-9-19-30)31-22-24-32(25-23-31)38-40-37(33-20-10-12-26-39-33)34-21-11-13-27-41(34)38;1-2-10-23-19-24(16-15-22(23)9-1)25-20-27-26-11-3-4-14-31(26)38-33(27)28(21-25)34-36-32(29-12-5-7-17-35-29)30-13-6-8-18-37(30)34/h2*1-27H;1-21H. The van der Waals surface area contributed by atoms with Crippen molar-refractivity contribution in [1.82, 2.24) is 43.1 Å². The Labute approximate surface area is 694 Å². The molecule has 0 aliphatic rings. The van der Waals surface area contributed by atoms with Gasteiger partial charge in [-0.3, -0.25) is 28.2 Å². The predicted molar refractivity (Wildman–Crippen MR) is 490 cm³/mol. The van der Waals surface area contributed by atoms with Crippen molar-refractivity contribution in [3.8, 4) is 79.5 Å². The predicted octanol–water partition coefficient (Wildman–Crippen LogP) is 26.9. The van der Waals surface area contributed by atoms with Gasteiger partial charge >= 0.3 is 0 Å². The minimum Gasteiger partial charge on any atom is -0.455 e. The molecule has 22 aromatic rings. The van der Waals surface area contributed by atoms with Crippen LogP contribution in [0.1, 0.15) is 44.5 Å². The molecule has 0 N–H and O–H groups in total. The molecule has 0 atom stereocenters. The Kier molecular flexibility index (Phi) is 19.9. The monoisotopic (exact) mass is 1540 g/mol. The van der Waals surface area contributed by atoms with E-state index in [1.54, 1.807) is 6.20 Å². The lowest BCUT2D eigenvalue weighted by atomic mass is 9.85. The Balaban J connectivity index is 0.000000115. The van der Waals surface area contributed by atoms with Crippen molar-refractivity contribution < 1.29 is 4.42 Å². The lowest BCUT2D eigenvalue weighted by Crippen LogP contribution is -1.98. The molecule has 0 spiro atoms. The van der Waals surface area contributed by atoms with Crippen LogP contribution >= 0.6 is 0 Å². The molecule has 22 rings (SSSR count). The van der Waals surface area contributed by atoms with E-state index in [9.17, 15) is 0 Å². The highest BCUT2D eigenvalue weighted by molar-refractivity contribution is 6.12. The quantitative estimate of drug-likeness (QED) is 0.0942. The first kappa shape index (κ1) is 72.6. The van der Waals surface area contributed by atoms with Crippen LogP contribution in [0.3, 0.4) is 0 Å². The molecule has 12 aromatic carbocycles. The van der Waals surface area contributed by atoms with Crippen molar-refractivity contribution in [3.63, 3.8) is 0 Å². The number of fused-ring (bicyclic) bond motifs is 7. The van der Waals surface area contributed by atoms with Gasteiger partial charge < -0.3 is 4.42 Å². The molecular formula is C110H75N9O. The van der Waals surface area contributed by atoms with Crippen LogP contribution in [0.5, 0.6) is 0 Å². The van der Waals surface area contributed by atoms with Gasteiger partial charge in [0.2, 0.25) is 0 Å². The zero-order chi connectivity index (χ0) is 79.9. The molecule has 0 aliphatic carbocycles. The summed E-state index contributed by atoms with van der Waals surface area (Å²) in [4.78, 5) is 29.2. The maximum absolute atomic E-state index is 6.49. The summed E-state index contributed by atoms with van der Waals surface area (Å²) in [6, 6.07) is 146. The maximum atomic E-state index is 6.49. The number of hydrogen-bond donors (Lipinski definition) is 0. The number of nitrogens with zero attached hydrogens (tertiary/aromatic N) is 9. The fourth-order valence-corrected chi connectivity index (χ4v) is 16.4. The first-order valence-corrected chi connectivity index (χ1v) is 40.2. The summed E-state index contributed by atoms with van der Waals surface area (Å²) < 4.78 is 12.9. The lowest BCUT2D eigenvalue weighted by molar-refractivity contribution is 0.669. The Morgan fingerprint density at radius 2 is 0.592 bits per heavy atom. The fourth-order valence-electron chi connectivity index (χ4n) is 16.4. The number of imidazole rings is 3. The molecule has 0 saturated heterocycles. The van der Waals surface area contributed by atoms with Crippen molar-refractivity contribution in [2.75, 3.05) is 0 Å². The first-order chi connectivity index (χ1) is 59.6. The summed E-state index contributed by atoms with van der Waals surface area (Å²) in [6.45, 7) is 0. The third-order valence-electron chi connectivity index (χ3n) is 21.9. The molecule has 10 heterocycles. The molecule has 10 nitrogen and oxygen atoms in total. The number of hydrogen-bond acceptors (Lipinski definition) is 7. The maximum Gasteiger partial charge on any atom is 0.149 e. The van der Waals surface area contributed by atoms with E-state index in [0.29, 0.717) is 0 Å². The van der Waals surface area contributed by atoms with E-state index in [4.69, 9.17) is 19.4 Å². The smallest absolute Gasteiger partial charge is 0.149 e. The lowest BCUT2D eigenvalue weighted by Gasteiger charge is -2.18.